The highest BCUT2D eigenvalue weighted by Crippen LogP contribution is 2.20. The molecule has 0 amide bonds. The minimum absolute atomic E-state index is 0.137. The average Bonchev–Trinajstić information content (AvgIpc) is 3.10. The minimum atomic E-state index is -3.30. The summed E-state index contributed by atoms with van der Waals surface area (Å²) >= 11 is 1.32. The van der Waals surface area contributed by atoms with Gasteiger partial charge in [-0.15, -0.1) is 10.2 Å². The second kappa shape index (κ2) is 7.51. The van der Waals surface area contributed by atoms with E-state index >= 15 is 0 Å². The van der Waals surface area contributed by atoms with Crippen LogP contribution < -0.4 is 10.0 Å². The second-order valence-corrected chi connectivity index (χ2v) is 8.86. The van der Waals surface area contributed by atoms with Gasteiger partial charge in [0, 0.05) is 12.5 Å². The molecule has 0 saturated heterocycles. The van der Waals surface area contributed by atoms with E-state index in [0.717, 1.165) is 24.4 Å². The molecule has 1 aliphatic carbocycles. The molecule has 1 saturated carbocycles. The number of unbranched alkanes of at least 4 members (excludes halogenated alkanes) is 1. The lowest BCUT2D eigenvalue weighted by molar-refractivity contribution is 0.590. The lowest BCUT2D eigenvalue weighted by Gasteiger charge is -2.05. The molecule has 1 fully saturated rings. The molecule has 0 bridgehead atoms. The number of sulfonamides is 1. The molecule has 1 aromatic rings. The SMILES string of the molecule is CC(C)Cc1nnc(NS(=O)(=O)CCCCNC2CC2)s1. The van der Waals surface area contributed by atoms with Crippen LogP contribution in [0, 0.1) is 5.92 Å². The van der Waals surface area contributed by atoms with E-state index in [0.29, 0.717) is 23.5 Å². The van der Waals surface area contributed by atoms with Crippen molar-refractivity contribution in [2.45, 2.75) is 52.0 Å². The van der Waals surface area contributed by atoms with Gasteiger partial charge in [-0.2, -0.15) is 0 Å². The topological polar surface area (TPSA) is 84.0 Å². The highest BCUT2D eigenvalue weighted by atomic mass is 32.2. The smallest absolute Gasteiger partial charge is 0.234 e. The summed E-state index contributed by atoms with van der Waals surface area (Å²) in [6.45, 7) is 5.10. The Morgan fingerprint density at radius 1 is 1.29 bits per heavy atom. The first-order valence-corrected chi connectivity index (χ1v) is 9.98. The van der Waals surface area contributed by atoms with Crippen molar-refractivity contribution in [3.8, 4) is 0 Å². The molecule has 6 nitrogen and oxygen atoms in total. The normalized spacial score (nSPS) is 15.6. The van der Waals surface area contributed by atoms with E-state index < -0.39 is 10.0 Å². The lowest BCUT2D eigenvalue weighted by Crippen LogP contribution is -2.20. The van der Waals surface area contributed by atoms with E-state index in [1.165, 1.54) is 24.2 Å². The van der Waals surface area contributed by atoms with Crippen LogP contribution in [0.1, 0.15) is 44.5 Å². The Morgan fingerprint density at radius 3 is 2.71 bits per heavy atom. The predicted molar refractivity (Wildman–Crippen MR) is 86.1 cm³/mol. The summed E-state index contributed by atoms with van der Waals surface area (Å²) in [5.74, 6) is 0.625. The van der Waals surface area contributed by atoms with Gasteiger partial charge in [0.2, 0.25) is 15.2 Å². The fourth-order valence-corrected chi connectivity index (χ4v) is 4.27. The van der Waals surface area contributed by atoms with Gasteiger partial charge in [-0.1, -0.05) is 25.2 Å². The molecule has 1 heterocycles. The van der Waals surface area contributed by atoms with Gasteiger partial charge >= 0.3 is 0 Å². The van der Waals surface area contributed by atoms with Crippen molar-refractivity contribution in [3.63, 3.8) is 0 Å². The van der Waals surface area contributed by atoms with Crippen LogP contribution in [-0.2, 0) is 16.4 Å². The van der Waals surface area contributed by atoms with E-state index in [2.05, 4.69) is 34.1 Å². The maximum atomic E-state index is 11.9. The monoisotopic (exact) mass is 332 g/mol. The first-order chi connectivity index (χ1) is 9.94. The van der Waals surface area contributed by atoms with E-state index in [-0.39, 0.29) is 5.75 Å². The van der Waals surface area contributed by atoms with Gasteiger partial charge < -0.3 is 5.32 Å². The summed E-state index contributed by atoms with van der Waals surface area (Å²) in [4.78, 5) is 0. The number of hydrogen-bond acceptors (Lipinski definition) is 6. The third kappa shape index (κ3) is 6.71. The predicted octanol–water partition coefficient (Wildman–Crippen LogP) is 2.01. The molecule has 8 heteroatoms. The maximum absolute atomic E-state index is 11.9. The molecule has 1 aliphatic rings. The van der Waals surface area contributed by atoms with E-state index in [1.54, 1.807) is 0 Å². The number of anilines is 1. The van der Waals surface area contributed by atoms with Crippen LogP contribution in [0.5, 0.6) is 0 Å². The Morgan fingerprint density at radius 2 is 2.05 bits per heavy atom. The first kappa shape index (κ1) is 16.6. The number of rotatable bonds is 10. The number of aromatic nitrogens is 2. The van der Waals surface area contributed by atoms with Crippen LogP contribution in [0.2, 0.25) is 0 Å². The van der Waals surface area contributed by atoms with Gasteiger partial charge in [-0.25, -0.2) is 8.42 Å². The van der Waals surface area contributed by atoms with E-state index in [9.17, 15) is 8.42 Å². The van der Waals surface area contributed by atoms with Crippen molar-refractivity contribution in [2.24, 2.45) is 5.92 Å². The van der Waals surface area contributed by atoms with Crippen molar-refractivity contribution in [1.29, 1.82) is 0 Å². The van der Waals surface area contributed by atoms with Crippen molar-refractivity contribution in [1.82, 2.24) is 15.5 Å². The third-order valence-corrected chi connectivity index (χ3v) is 5.46. The van der Waals surface area contributed by atoms with Gasteiger partial charge in [-0.05, 0) is 38.1 Å². The second-order valence-electron chi connectivity index (χ2n) is 5.96. The Kier molecular flexibility index (Phi) is 5.95. The molecule has 2 N–H and O–H groups in total. The average molecular weight is 332 g/mol. The summed E-state index contributed by atoms with van der Waals surface area (Å²) < 4.78 is 26.4. The van der Waals surface area contributed by atoms with Gasteiger partial charge in [0.1, 0.15) is 5.01 Å². The summed E-state index contributed by atoms with van der Waals surface area (Å²) in [5, 5.41) is 12.5. The third-order valence-electron chi connectivity index (χ3n) is 3.14. The quantitative estimate of drug-likeness (QED) is 0.640. The molecule has 120 valence electrons. The lowest BCUT2D eigenvalue weighted by atomic mass is 10.1. The fourth-order valence-electron chi connectivity index (χ4n) is 1.92. The van der Waals surface area contributed by atoms with Crippen molar-refractivity contribution < 1.29 is 8.42 Å². The van der Waals surface area contributed by atoms with E-state index in [4.69, 9.17) is 0 Å². The minimum Gasteiger partial charge on any atom is -0.314 e. The van der Waals surface area contributed by atoms with Crippen LogP contribution >= 0.6 is 11.3 Å². The first-order valence-electron chi connectivity index (χ1n) is 7.51. The van der Waals surface area contributed by atoms with Crippen LogP contribution in [0.15, 0.2) is 0 Å². The summed E-state index contributed by atoms with van der Waals surface area (Å²) in [5.41, 5.74) is 0. The number of nitrogens with zero attached hydrogens (tertiary/aromatic N) is 2. The molecule has 0 radical (unpaired) electrons. The van der Waals surface area contributed by atoms with Gasteiger partial charge in [0.15, 0.2) is 0 Å². The van der Waals surface area contributed by atoms with Crippen molar-refractivity contribution in [3.05, 3.63) is 5.01 Å². The number of hydrogen-bond donors (Lipinski definition) is 2. The summed E-state index contributed by atoms with van der Waals surface area (Å²) in [6, 6.07) is 0.681. The van der Waals surface area contributed by atoms with Crippen LogP contribution in [0.25, 0.3) is 0 Å². The maximum Gasteiger partial charge on any atom is 0.234 e. The fraction of sp³-hybridized carbons (Fsp3) is 0.846. The standard InChI is InChI=1S/C13H24N4O2S2/c1-10(2)9-12-15-16-13(20-12)17-21(18,19)8-4-3-7-14-11-5-6-11/h10-11,14H,3-9H2,1-2H3,(H,16,17). The Bertz CT molecular complexity index is 538. The molecular weight excluding hydrogens is 308 g/mol. The summed E-state index contributed by atoms with van der Waals surface area (Å²) in [7, 11) is -3.30. The molecular formula is C13H24N4O2S2. The van der Waals surface area contributed by atoms with Crippen LogP contribution in [-0.4, -0.2) is 37.0 Å². The van der Waals surface area contributed by atoms with E-state index in [1.807, 2.05) is 0 Å². The zero-order chi connectivity index (χ0) is 15.3. The Hall–Kier alpha value is -0.730. The van der Waals surface area contributed by atoms with Crippen LogP contribution in [0.4, 0.5) is 5.13 Å². The van der Waals surface area contributed by atoms with Gasteiger partial charge in [0.25, 0.3) is 0 Å². The molecule has 0 atom stereocenters. The molecule has 1 aromatic heterocycles. The number of nitrogens with one attached hydrogen (secondary N) is 2. The molecule has 21 heavy (non-hydrogen) atoms. The Labute approximate surface area is 130 Å². The molecule has 0 unspecified atom stereocenters. The summed E-state index contributed by atoms with van der Waals surface area (Å²) in [6.07, 6.45) is 4.89. The molecule has 2 rings (SSSR count). The largest absolute Gasteiger partial charge is 0.314 e. The van der Waals surface area contributed by atoms with Gasteiger partial charge in [-0.3, -0.25) is 4.72 Å². The molecule has 0 aromatic carbocycles. The zero-order valence-corrected chi connectivity index (χ0v) is 14.3. The van der Waals surface area contributed by atoms with Gasteiger partial charge in [0.05, 0.1) is 5.75 Å². The van der Waals surface area contributed by atoms with Crippen molar-refractivity contribution in [2.75, 3.05) is 17.0 Å². The Balaban J connectivity index is 1.70. The van der Waals surface area contributed by atoms with Crippen molar-refractivity contribution >= 4 is 26.5 Å². The van der Waals surface area contributed by atoms with Crippen LogP contribution in [0.3, 0.4) is 0 Å². The highest BCUT2D eigenvalue weighted by Gasteiger charge is 2.19. The molecule has 0 spiro atoms. The highest BCUT2D eigenvalue weighted by molar-refractivity contribution is 7.92. The molecule has 0 aliphatic heterocycles. The zero-order valence-electron chi connectivity index (χ0n) is 12.6.